The highest BCUT2D eigenvalue weighted by Crippen LogP contribution is 2.26. The third-order valence-corrected chi connectivity index (χ3v) is 3.67. The Kier molecular flexibility index (Phi) is 3.12. The molecule has 0 amide bonds. The van der Waals surface area contributed by atoms with Crippen LogP contribution in [0.3, 0.4) is 0 Å². The zero-order valence-electron chi connectivity index (χ0n) is 11.5. The fraction of sp³-hybridized carbons (Fsp3) is 0.222. The molecule has 1 aromatic heterocycles. The maximum Gasteiger partial charge on any atom is 0.0486 e. The molecule has 0 saturated heterocycles. The van der Waals surface area contributed by atoms with Crippen LogP contribution in [-0.2, 0) is 6.54 Å². The molecule has 0 aliphatic rings. The molecule has 1 nitrogen and oxygen atoms in total. The maximum atomic E-state index is 2.33. The van der Waals surface area contributed by atoms with E-state index in [2.05, 4.69) is 79.2 Å². The molecule has 3 rings (SSSR count). The number of hydrogen-bond acceptors (Lipinski definition) is 0. The number of aromatic nitrogens is 1. The molecule has 0 fully saturated rings. The Hall–Kier alpha value is -2.02. The van der Waals surface area contributed by atoms with E-state index in [0.29, 0.717) is 5.92 Å². The Labute approximate surface area is 114 Å². The monoisotopic (exact) mass is 249 g/mol. The van der Waals surface area contributed by atoms with Gasteiger partial charge in [-0.2, -0.15) is 0 Å². The number of nitrogens with zero attached hydrogens (tertiary/aromatic N) is 1. The van der Waals surface area contributed by atoms with Crippen LogP contribution in [-0.4, -0.2) is 4.57 Å². The van der Waals surface area contributed by atoms with Crippen LogP contribution in [0.15, 0.2) is 60.8 Å². The standard InChI is InChI=1S/C18H19N/c1-14(2)16-9-6-10-18-17(16)11-12-19(18)13-15-7-4-3-5-8-15/h3-12,14H,13H2,1-2H3. The fourth-order valence-corrected chi connectivity index (χ4v) is 2.67. The molecule has 0 unspecified atom stereocenters. The number of rotatable bonds is 3. The summed E-state index contributed by atoms with van der Waals surface area (Å²) in [5, 5.41) is 1.38. The van der Waals surface area contributed by atoms with Gasteiger partial charge in [0.05, 0.1) is 0 Å². The molecule has 0 aliphatic carbocycles. The van der Waals surface area contributed by atoms with Crippen LogP contribution < -0.4 is 0 Å². The molecular weight excluding hydrogens is 230 g/mol. The highest BCUT2D eigenvalue weighted by atomic mass is 14.9. The lowest BCUT2D eigenvalue weighted by Crippen LogP contribution is -1.97. The van der Waals surface area contributed by atoms with E-state index < -0.39 is 0 Å². The Balaban J connectivity index is 2.04. The summed E-state index contributed by atoms with van der Waals surface area (Å²) in [6.07, 6.45) is 2.20. The summed E-state index contributed by atoms with van der Waals surface area (Å²) >= 11 is 0. The van der Waals surface area contributed by atoms with Crippen molar-refractivity contribution < 1.29 is 0 Å². The molecule has 0 saturated carbocycles. The largest absolute Gasteiger partial charge is 0.343 e. The first-order valence-corrected chi connectivity index (χ1v) is 6.87. The van der Waals surface area contributed by atoms with Gasteiger partial charge in [0.2, 0.25) is 0 Å². The molecule has 1 heterocycles. The van der Waals surface area contributed by atoms with Crippen molar-refractivity contribution in [3.05, 3.63) is 71.9 Å². The van der Waals surface area contributed by atoms with E-state index in [0.717, 1.165) is 6.54 Å². The van der Waals surface area contributed by atoms with Crippen molar-refractivity contribution in [3.8, 4) is 0 Å². The zero-order chi connectivity index (χ0) is 13.2. The van der Waals surface area contributed by atoms with E-state index in [1.807, 2.05) is 0 Å². The Morgan fingerprint density at radius 3 is 2.42 bits per heavy atom. The molecular formula is C18H19N. The predicted octanol–water partition coefficient (Wildman–Crippen LogP) is 4.81. The number of hydrogen-bond donors (Lipinski definition) is 0. The first kappa shape index (κ1) is 12.0. The van der Waals surface area contributed by atoms with Crippen LogP contribution in [0.25, 0.3) is 10.9 Å². The molecule has 96 valence electrons. The van der Waals surface area contributed by atoms with Gasteiger partial charge in [-0.3, -0.25) is 0 Å². The molecule has 0 spiro atoms. The van der Waals surface area contributed by atoms with Gasteiger partial charge in [-0.15, -0.1) is 0 Å². The van der Waals surface area contributed by atoms with Crippen molar-refractivity contribution in [2.45, 2.75) is 26.3 Å². The molecule has 0 atom stereocenters. The highest BCUT2D eigenvalue weighted by Gasteiger charge is 2.08. The van der Waals surface area contributed by atoms with Gasteiger partial charge in [-0.1, -0.05) is 56.3 Å². The summed E-state index contributed by atoms with van der Waals surface area (Å²) in [6.45, 7) is 5.44. The quantitative estimate of drug-likeness (QED) is 0.627. The second kappa shape index (κ2) is 4.93. The molecule has 0 bridgehead atoms. The summed E-state index contributed by atoms with van der Waals surface area (Å²) in [7, 11) is 0. The van der Waals surface area contributed by atoms with Gasteiger partial charge in [-0.25, -0.2) is 0 Å². The zero-order valence-corrected chi connectivity index (χ0v) is 11.5. The van der Waals surface area contributed by atoms with E-state index in [1.54, 1.807) is 0 Å². The highest BCUT2D eigenvalue weighted by molar-refractivity contribution is 5.84. The number of fused-ring (bicyclic) bond motifs is 1. The molecule has 2 aromatic carbocycles. The van der Waals surface area contributed by atoms with Crippen molar-refractivity contribution in [2.75, 3.05) is 0 Å². The maximum absolute atomic E-state index is 2.33. The van der Waals surface area contributed by atoms with E-state index >= 15 is 0 Å². The van der Waals surface area contributed by atoms with Crippen LogP contribution in [0.5, 0.6) is 0 Å². The third-order valence-electron chi connectivity index (χ3n) is 3.67. The molecule has 1 heteroatoms. The predicted molar refractivity (Wildman–Crippen MR) is 81.6 cm³/mol. The molecule has 0 aliphatic heterocycles. The Morgan fingerprint density at radius 1 is 0.895 bits per heavy atom. The van der Waals surface area contributed by atoms with Gasteiger partial charge in [-0.05, 0) is 29.2 Å². The fourth-order valence-electron chi connectivity index (χ4n) is 2.67. The minimum Gasteiger partial charge on any atom is -0.343 e. The van der Waals surface area contributed by atoms with E-state index in [9.17, 15) is 0 Å². The van der Waals surface area contributed by atoms with Crippen LogP contribution in [0.1, 0.15) is 30.9 Å². The van der Waals surface area contributed by atoms with Gasteiger partial charge in [0, 0.05) is 23.6 Å². The smallest absolute Gasteiger partial charge is 0.0486 e. The van der Waals surface area contributed by atoms with Crippen molar-refractivity contribution in [3.63, 3.8) is 0 Å². The Morgan fingerprint density at radius 2 is 1.68 bits per heavy atom. The lowest BCUT2D eigenvalue weighted by molar-refractivity contribution is 0.835. The molecule has 0 N–H and O–H groups in total. The van der Waals surface area contributed by atoms with Gasteiger partial charge < -0.3 is 4.57 Å². The summed E-state index contributed by atoms with van der Waals surface area (Å²) in [6, 6.07) is 19.5. The van der Waals surface area contributed by atoms with Crippen molar-refractivity contribution in [2.24, 2.45) is 0 Å². The van der Waals surface area contributed by atoms with Gasteiger partial charge in [0.25, 0.3) is 0 Å². The summed E-state index contributed by atoms with van der Waals surface area (Å²) in [5.41, 5.74) is 4.11. The van der Waals surface area contributed by atoms with Crippen molar-refractivity contribution in [1.82, 2.24) is 4.57 Å². The van der Waals surface area contributed by atoms with E-state index in [1.165, 1.54) is 22.0 Å². The average Bonchev–Trinajstić information content (AvgIpc) is 2.83. The van der Waals surface area contributed by atoms with E-state index in [-0.39, 0.29) is 0 Å². The van der Waals surface area contributed by atoms with Gasteiger partial charge in [0.15, 0.2) is 0 Å². The average molecular weight is 249 g/mol. The lowest BCUT2D eigenvalue weighted by Gasteiger charge is -2.09. The van der Waals surface area contributed by atoms with Crippen LogP contribution >= 0.6 is 0 Å². The number of benzene rings is 2. The second-order valence-electron chi connectivity index (χ2n) is 5.36. The van der Waals surface area contributed by atoms with Crippen LogP contribution in [0.2, 0.25) is 0 Å². The van der Waals surface area contributed by atoms with Crippen molar-refractivity contribution in [1.29, 1.82) is 0 Å². The molecule has 0 radical (unpaired) electrons. The summed E-state index contributed by atoms with van der Waals surface area (Å²) < 4.78 is 2.33. The first-order valence-electron chi connectivity index (χ1n) is 6.87. The van der Waals surface area contributed by atoms with Gasteiger partial charge >= 0.3 is 0 Å². The first-order chi connectivity index (χ1) is 9.25. The summed E-state index contributed by atoms with van der Waals surface area (Å²) in [4.78, 5) is 0. The van der Waals surface area contributed by atoms with Crippen LogP contribution in [0.4, 0.5) is 0 Å². The third kappa shape index (κ3) is 2.28. The SMILES string of the molecule is CC(C)c1cccc2c1ccn2Cc1ccccc1. The topological polar surface area (TPSA) is 4.93 Å². The van der Waals surface area contributed by atoms with Gasteiger partial charge in [0.1, 0.15) is 0 Å². The van der Waals surface area contributed by atoms with E-state index in [4.69, 9.17) is 0 Å². The van der Waals surface area contributed by atoms with Crippen molar-refractivity contribution >= 4 is 10.9 Å². The normalized spacial score (nSPS) is 11.3. The Bertz CT molecular complexity index is 677. The van der Waals surface area contributed by atoms with Crippen LogP contribution in [0, 0.1) is 0 Å². The molecule has 19 heavy (non-hydrogen) atoms. The lowest BCUT2D eigenvalue weighted by atomic mass is 9.99. The summed E-state index contributed by atoms with van der Waals surface area (Å²) in [5.74, 6) is 0.566. The second-order valence-corrected chi connectivity index (χ2v) is 5.36. The molecule has 3 aromatic rings. The minimum atomic E-state index is 0.566. The minimum absolute atomic E-state index is 0.566.